The highest BCUT2D eigenvalue weighted by atomic mass is 32.2. The summed E-state index contributed by atoms with van der Waals surface area (Å²) in [5.41, 5.74) is 3.04. The van der Waals surface area contributed by atoms with Crippen LogP contribution in [0.3, 0.4) is 0 Å². The third-order valence-electron chi connectivity index (χ3n) is 5.41. The van der Waals surface area contributed by atoms with Crippen molar-refractivity contribution >= 4 is 58.1 Å². The minimum Gasteiger partial charge on any atom is -0.480 e. The largest absolute Gasteiger partial charge is 0.480 e. The second-order valence-corrected chi connectivity index (χ2v) is 9.50. The zero-order valence-corrected chi connectivity index (χ0v) is 20.2. The van der Waals surface area contributed by atoms with Gasteiger partial charge in [0.1, 0.15) is 10.4 Å². The highest BCUT2D eigenvalue weighted by Crippen LogP contribution is 2.34. The molecule has 1 unspecified atom stereocenters. The Balaban J connectivity index is 1.47. The number of nitrogens with zero attached hydrogens (tertiary/aromatic N) is 1. The first-order valence-electron chi connectivity index (χ1n) is 10.8. The molecule has 0 bridgehead atoms. The van der Waals surface area contributed by atoms with E-state index in [4.69, 9.17) is 12.2 Å². The zero-order chi connectivity index (χ0) is 24.8. The lowest BCUT2D eigenvalue weighted by Crippen LogP contribution is -2.45. The van der Waals surface area contributed by atoms with Crippen molar-refractivity contribution in [3.05, 3.63) is 118 Å². The molecule has 1 aliphatic heterocycles. The van der Waals surface area contributed by atoms with Gasteiger partial charge in [-0.05, 0) is 28.8 Å². The highest BCUT2D eigenvalue weighted by Gasteiger charge is 2.40. The summed E-state index contributed by atoms with van der Waals surface area (Å²) >= 11 is 6.46. The van der Waals surface area contributed by atoms with Crippen LogP contribution in [-0.4, -0.2) is 38.0 Å². The van der Waals surface area contributed by atoms with Crippen molar-refractivity contribution in [2.24, 2.45) is 0 Å². The maximum atomic E-state index is 13.1. The molecule has 1 N–H and O–H groups in total. The van der Waals surface area contributed by atoms with Crippen LogP contribution in [0.4, 0.5) is 0 Å². The van der Waals surface area contributed by atoms with Gasteiger partial charge in [0, 0.05) is 12.0 Å². The van der Waals surface area contributed by atoms with Crippen molar-refractivity contribution < 1.29 is 19.5 Å². The molecule has 35 heavy (non-hydrogen) atoms. The highest BCUT2D eigenvalue weighted by molar-refractivity contribution is 8.26. The Labute approximate surface area is 212 Å². The van der Waals surface area contributed by atoms with Gasteiger partial charge in [0.15, 0.2) is 5.78 Å². The summed E-state index contributed by atoms with van der Waals surface area (Å²) in [7, 11) is 0. The van der Waals surface area contributed by atoms with Gasteiger partial charge >= 0.3 is 5.97 Å². The van der Waals surface area contributed by atoms with Crippen molar-refractivity contribution in [3.63, 3.8) is 0 Å². The molecule has 1 atom stereocenters. The van der Waals surface area contributed by atoms with Gasteiger partial charge in [0.2, 0.25) is 0 Å². The summed E-state index contributed by atoms with van der Waals surface area (Å²) in [5, 5.41) is 9.79. The predicted molar refractivity (Wildman–Crippen MR) is 143 cm³/mol. The molecule has 0 saturated carbocycles. The Hall–Kier alpha value is -3.81. The normalized spacial score (nSPS) is 15.7. The monoisotopic (exact) mass is 499 g/mol. The third-order valence-corrected chi connectivity index (χ3v) is 6.74. The van der Waals surface area contributed by atoms with Gasteiger partial charge in [-0.1, -0.05) is 115 Å². The number of benzene rings is 3. The first kappa shape index (κ1) is 24.3. The SMILES string of the molecule is O=C(/C=C/c1ccc(/C=C2\SC(=S)N(C(Cc3ccccc3)C(=O)O)C2=O)cc1)c1ccccc1. The Morgan fingerprint density at radius 3 is 2.14 bits per heavy atom. The van der Waals surface area contributed by atoms with Gasteiger partial charge in [-0.25, -0.2) is 4.79 Å². The molecule has 0 radical (unpaired) electrons. The van der Waals surface area contributed by atoms with Crippen LogP contribution >= 0.6 is 24.0 Å². The van der Waals surface area contributed by atoms with Gasteiger partial charge in [-0.3, -0.25) is 14.5 Å². The first-order chi connectivity index (χ1) is 16.9. The number of amides is 1. The number of carboxylic acid groups (broad SMARTS) is 1. The van der Waals surface area contributed by atoms with E-state index in [9.17, 15) is 19.5 Å². The second kappa shape index (κ2) is 11.1. The molecule has 1 amide bonds. The van der Waals surface area contributed by atoms with Crippen molar-refractivity contribution in [2.45, 2.75) is 12.5 Å². The van der Waals surface area contributed by atoms with E-state index in [1.807, 2.05) is 72.8 Å². The fraction of sp³-hybridized carbons (Fsp3) is 0.0714. The quantitative estimate of drug-likeness (QED) is 0.251. The van der Waals surface area contributed by atoms with Gasteiger partial charge < -0.3 is 5.11 Å². The van der Waals surface area contributed by atoms with Crippen molar-refractivity contribution in [2.75, 3.05) is 0 Å². The number of hydrogen-bond donors (Lipinski definition) is 1. The van der Waals surface area contributed by atoms with E-state index < -0.39 is 17.9 Å². The molecular formula is C28H21NO4S2. The van der Waals surface area contributed by atoms with E-state index in [-0.39, 0.29) is 16.5 Å². The standard InChI is InChI=1S/C28H21NO4S2/c30-24(22-9-5-2-6-10-22)16-15-19-11-13-21(14-12-19)18-25-26(31)29(28(34)35-25)23(27(32)33)17-20-7-3-1-4-8-20/h1-16,18,23H,17H2,(H,32,33)/b16-15+,25-18-. The van der Waals surface area contributed by atoms with E-state index in [2.05, 4.69) is 0 Å². The van der Waals surface area contributed by atoms with Crippen LogP contribution < -0.4 is 0 Å². The summed E-state index contributed by atoms with van der Waals surface area (Å²) in [6.07, 6.45) is 5.12. The number of thiocarbonyl (C=S) groups is 1. The number of rotatable bonds is 8. The van der Waals surface area contributed by atoms with E-state index in [0.29, 0.717) is 10.5 Å². The topological polar surface area (TPSA) is 74.7 Å². The molecular weight excluding hydrogens is 478 g/mol. The molecule has 1 fully saturated rings. The van der Waals surface area contributed by atoms with Crippen LogP contribution in [0.25, 0.3) is 12.2 Å². The summed E-state index contributed by atoms with van der Waals surface area (Å²) in [6.45, 7) is 0. The molecule has 1 aliphatic rings. The number of carboxylic acids is 1. The van der Waals surface area contributed by atoms with Crippen LogP contribution in [0.2, 0.25) is 0 Å². The Morgan fingerprint density at radius 1 is 0.914 bits per heavy atom. The minimum atomic E-state index is -1.10. The molecule has 4 rings (SSSR count). The summed E-state index contributed by atoms with van der Waals surface area (Å²) in [5.74, 6) is -1.60. The van der Waals surface area contributed by atoms with Gasteiger partial charge in [0.25, 0.3) is 5.91 Å². The lowest BCUT2D eigenvalue weighted by molar-refractivity contribution is -0.145. The van der Waals surface area contributed by atoms with Crippen LogP contribution in [0.5, 0.6) is 0 Å². The molecule has 1 saturated heterocycles. The molecule has 0 aromatic heterocycles. The summed E-state index contributed by atoms with van der Waals surface area (Å²) in [6, 6.07) is 24.5. The van der Waals surface area contributed by atoms with E-state index in [1.54, 1.807) is 24.3 Å². The molecule has 3 aromatic carbocycles. The fourth-order valence-corrected chi connectivity index (χ4v) is 4.96. The van der Waals surface area contributed by atoms with Crippen LogP contribution in [-0.2, 0) is 16.0 Å². The average Bonchev–Trinajstić information content (AvgIpc) is 3.15. The Morgan fingerprint density at radius 2 is 1.51 bits per heavy atom. The first-order valence-corrected chi connectivity index (χ1v) is 12.1. The Bertz CT molecular complexity index is 1320. The fourth-order valence-electron chi connectivity index (χ4n) is 3.60. The maximum Gasteiger partial charge on any atom is 0.327 e. The molecule has 5 nitrogen and oxygen atoms in total. The minimum absolute atomic E-state index is 0.0816. The van der Waals surface area contributed by atoms with Crippen LogP contribution in [0.15, 0.2) is 95.9 Å². The number of ketones is 1. The number of thioether (sulfide) groups is 1. The average molecular weight is 500 g/mol. The summed E-state index contributed by atoms with van der Waals surface area (Å²) in [4.78, 5) is 38.8. The molecule has 174 valence electrons. The molecule has 1 heterocycles. The van der Waals surface area contributed by atoms with Crippen LogP contribution in [0, 0.1) is 0 Å². The number of hydrogen-bond acceptors (Lipinski definition) is 5. The van der Waals surface area contributed by atoms with E-state index in [1.165, 1.54) is 11.0 Å². The molecule has 0 aliphatic carbocycles. The van der Waals surface area contributed by atoms with E-state index >= 15 is 0 Å². The predicted octanol–water partition coefficient (Wildman–Crippen LogP) is 5.48. The summed E-state index contributed by atoms with van der Waals surface area (Å²) < 4.78 is 0.226. The number of aliphatic carboxylic acids is 1. The molecule has 3 aromatic rings. The van der Waals surface area contributed by atoms with E-state index in [0.717, 1.165) is 28.5 Å². The lowest BCUT2D eigenvalue weighted by Gasteiger charge is -2.23. The van der Waals surface area contributed by atoms with Crippen molar-refractivity contribution in [3.8, 4) is 0 Å². The maximum absolute atomic E-state index is 13.1. The van der Waals surface area contributed by atoms with Gasteiger partial charge in [0.05, 0.1) is 4.91 Å². The van der Waals surface area contributed by atoms with Crippen molar-refractivity contribution in [1.82, 2.24) is 4.90 Å². The number of carbonyl (C=O) groups is 3. The van der Waals surface area contributed by atoms with Gasteiger partial charge in [-0.15, -0.1) is 0 Å². The Kier molecular flexibility index (Phi) is 7.70. The lowest BCUT2D eigenvalue weighted by atomic mass is 10.0. The molecule has 0 spiro atoms. The number of carbonyl (C=O) groups excluding carboxylic acids is 2. The third kappa shape index (κ3) is 6.01. The number of allylic oxidation sites excluding steroid dienone is 1. The smallest absolute Gasteiger partial charge is 0.327 e. The van der Waals surface area contributed by atoms with Crippen LogP contribution in [0.1, 0.15) is 27.0 Å². The van der Waals surface area contributed by atoms with Crippen molar-refractivity contribution in [1.29, 1.82) is 0 Å². The molecule has 7 heteroatoms. The zero-order valence-electron chi connectivity index (χ0n) is 18.5. The second-order valence-electron chi connectivity index (χ2n) is 7.83. The van der Waals surface area contributed by atoms with Gasteiger partial charge in [-0.2, -0.15) is 0 Å².